The molecule has 1 aliphatic heterocycles. The van der Waals surface area contributed by atoms with Crippen LogP contribution >= 0.6 is 0 Å². The predicted molar refractivity (Wildman–Crippen MR) is 209 cm³/mol. The summed E-state index contributed by atoms with van der Waals surface area (Å²) >= 11 is 0. The van der Waals surface area contributed by atoms with E-state index >= 15 is 0 Å². The highest BCUT2D eigenvalue weighted by Gasteiger charge is 2.44. The fourth-order valence-electron chi connectivity index (χ4n) is 6.66. The lowest BCUT2D eigenvalue weighted by Crippen LogP contribution is -2.60. The Bertz CT molecular complexity index is 886. The standard InChI is InChI=1S/C42H79NO9/c1-3-5-7-9-11-13-15-17-18-19-21-23-25-27-29-31-37(46)43-34(33-51-42-41(50)40(49)39(48)36(32-44)52-42)38(47)35(45)30-28-26-24-22-20-16-14-12-10-8-6-4-2/h13,15,17-18,34-36,38-42,44-45,47-50H,3-12,14,16,19-33H2,1-2H3,(H,43,46)/b15-13+,18-17-/t34-,35+,36?,38-,39?,40?,41?,42?/m0/s1. The topological polar surface area (TPSA) is 169 Å². The molecule has 0 bridgehead atoms. The molecular weight excluding hydrogens is 662 g/mol. The van der Waals surface area contributed by atoms with E-state index in [0.717, 1.165) is 64.2 Å². The van der Waals surface area contributed by atoms with Crippen LogP contribution in [0.25, 0.3) is 0 Å². The Labute approximate surface area is 316 Å². The number of aliphatic hydroxyl groups is 6. The smallest absolute Gasteiger partial charge is 0.220 e. The Morgan fingerprint density at radius 1 is 0.673 bits per heavy atom. The molecule has 1 amide bonds. The molecule has 5 unspecified atom stereocenters. The maximum atomic E-state index is 12.9. The minimum Gasteiger partial charge on any atom is -0.394 e. The first kappa shape index (κ1) is 48.6. The quantitative estimate of drug-likeness (QED) is 0.0274. The molecule has 0 saturated carbocycles. The molecule has 0 aliphatic carbocycles. The molecule has 1 rings (SSSR count). The third-order valence-electron chi connectivity index (χ3n) is 10.2. The van der Waals surface area contributed by atoms with Crippen molar-refractivity contribution < 1.29 is 44.9 Å². The van der Waals surface area contributed by atoms with Gasteiger partial charge in [0.15, 0.2) is 6.29 Å². The Hall–Kier alpha value is -1.37. The van der Waals surface area contributed by atoms with E-state index in [2.05, 4.69) is 43.5 Å². The predicted octanol–water partition coefficient (Wildman–Crippen LogP) is 6.91. The molecule has 52 heavy (non-hydrogen) atoms. The molecule has 0 aromatic rings. The van der Waals surface area contributed by atoms with Crippen LogP contribution in [0.15, 0.2) is 24.3 Å². The molecule has 1 heterocycles. The number of hydrogen-bond donors (Lipinski definition) is 7. The molecule has 306 valence electrons. The van der Waals surface area contributed by atoms with Crippen LogP contribution in [0.4, 0.5) is 0 Å². The van der Waals surface area contributed by atoms with E-state index in [4.69, 9.17) is 9.47 Å². The van der Waals surface area contributed by atoms with Crippen LogP contribution in [0.5, 0.6) is 0 Å². The van der Waals surface area contributed by atoms with E-state index in [9.17, 15) is 35.4 Å². The second-order valence-corrected chi connectivity index (χ2v) is 15.0. The zero-order chi connectivity index (χ0) is 38.2. The lowest BCUT2D eigenvalue weighted by molar-refractivity contribution is -0.303. The number of ether oxygens (including phenoxy) is 2. The van der Waals surface area contributed by atoms with Gasteiger partial charge in [0.25, 0.3) is 0 Å². The Kier molecular flexibility index (Phi) is 30.9. The van der Waals surface area contributed by atoms with Crippen molar-refractivity contribution in [2.75, 3.05) is 13.2 Å². The van der Waals surface area contributed by atoms with Gasteiger partial charge in [-0.1, -0.05) is 154 Å². The number of carbonyl (C=O) groups excluding carboxylic acids is 1. The molecule has 1 fully saturated rings. The third-order valence-corrected chi connectivity index (χ3v) is 10.2. The Balaban J connectivity index is 2.47. The summed E-state index contributed by atoms with van der Waals surface area (Å²) < 4.78 is 11.1. The van der Waals surface area contributed by atoms with Crippen LogP contribution in [0.2, 0.25) is 0 Å². The number of aliphatic hydroxyl groups excluding tert-OH is 6. The first-order valence-electron chi connectivity index (χ1n) is 21.2. The molecule has 8 atom stereocenters. The fraction of sp³-hybridized carbons (Fsp3) is 0.881. The summed E-state index contributed by atoms with van der Waals surface area (Å²) in [5.74, 6) is -0.275. The number of unbranched alkanes of at least 4 members (excludes halogenated alkanes) is 20. The number of rotatable bonds is 34. The minimum absolute atomic E-state index is 0.265. The molecule has 0 radical (unpaired) electrons. The van der Waals surface area contributed by atoms with E-state index in [1.807, 2.05) is 0 Å². The molecule has 10 nitrogen and oxygen atoms in total. The summed E-state index contributed by atoms with van der Waals surface area (Å²) in [7, 11) is 0. The lowest BCUT2D eigenvalue weighted by Gasteiger charge is -2.40. The van der Waals surface area contributed by atoms with Gasteiger partial charge >= 0.3 is 0 Å². The molecule has 1 saturated heterocycles. The van der Waals surface area contributed by atoms with Gasteiger partial charge < -0.3 is 45.4 Å². The lowest BCUT2D eigenvalue weighted by atomic mass is 9.98. The third kappa shape index (κ3) is 23.4. The van der Waals surface area contributed by atoms with Crippen molar-refractivity contribution in [3.05, 3.63) is 24.3 Å². The van der Waals surface area contributed by atoms with E-state index < -0.39 is 55.6 Å². The van der Waals surface area contributed by atoms with Crippen LogP contribution in [-0.2, 0) is 14.3 Å². The zero-order valence-corrected chi connectivity index (χ0v) is 32.9. The summed E-state index contributed by atoms with van der Waals surface area (Å²) in [6, 6.07) is -0.996. The van der Waals surface area contributed by atoms with Crippen LogP contribution in [0, 0.1) is 0 Å². The largest absolute Gasteiger partial charge is 0.394 e. The van der Waals surface area contributed by atoms with Crippen molar-refractivity contribution in [2.45, 2.75) is 223 Å². The van der Waals surface area contributed by atoms with Crippen molar-refractivity contribution >= 4 is 5.91 Å². The summed E-state index contributed by atoms with van der Waals surface area (Å²) in [6.45, 7) is 3.55. The average Bonchev–Trinajstić information content (AvgIpc) is 3.14. The first-order valence-corrected chi connectivity index (χ1v) is 21.2. The second kappa shape index (κ2) is 33.0. The fourth-order valence-corrected chi connectivity index (χ4v) is 6.66. The van der Waals surface area contributed by atoms with E-state index in [1.165, 1.54) is 77.0 Å². The highest BCUT2D eigenvalue weighted by molar-refractivity contribution is 5.76. The molecule has 10 heteroatoms. The average molecular weight is 742 g/mol. The van der Waals surface area contributed by atoms with Gasteiger partial charge in [-0.25, -0.2) is 0 Å². The van der Waals surface area contributed by atoms with Crippen molar-refractivity contribution in [1.82, 2.24) is 5.32 Å². The summed E-state index contributed by atoms with van der Waals surface area (Å²) in [5, 5.41) is 64.9. The van der Waals surface area contributed by atoms with Gasteiger partial charge in [0, 0.05) is 6.42 Å². The van der Waals surface area contributed by atoms with Crippen LogP contribution < -0.4 is 5.32 Å². The number of allylic oxidation sites excluding steroid dienone is 4. The Morgan fingerprint density at radius 2 is 1.15 bits per heavy atom. The van der Waals surface area contributed by atoms with Crippen molar-refractivity contribution in [3.63, 3.8) is 0 Å². The molecular formula is C42H79NO9. The van der Waals surface area contributed by atoms with Gasteiger partial charge in [-0.05, 0) is 38.5 Å². The highest BCUT2D eigenvalue weighted by atomic mass is 16.7. The van der Waals surface area contributed by atoms with Gasteiger partial charge in [-0.2, -0.15) is 0 Å². The van der Waals surface area contributed by atoms with Gasteiger partial charge in [-0.15, -0.1) is 0 Å². The van der Waals surface area contributed by atoms with Gasteiger partial charge in [0.2, 0.25) is 5.91 Å². The summed E-state index contributed by atoms with van der Waals surface area (Å²) in [4.78, 5) is 12.9. The van der Waals surface area contributed by atoms with Crippen LogP contribution in [-0.4, -0.2) is 98.7 Å². The van der Waals surface area contributed by atoms with E-state index in [0.29, 0.717) is 12.8 Å². The first-order chi connectivity index (χ1) is 25.3. The normalized spacial score (nSPS) is 22.7. The monoisotopic (exact) mass is 742 g/mol. The Morgan fingerprint density at radius 3 is 1.69 bits per heavy atom. The van der Waals surface area contributed by atoms with E-state index in [-0.39, 0.29) is 18.9 Å². The molecule has 0 spiro atoms. The van der Waals surface area contributed by atoms with Crippen LogP contribution in [0.1, 0.15) is 174 Å². The maximum absolute atomic E-state index is 12.9. The van der Waals surface area contributed by atoms with Gasteiger partial charge in [0.1, 0.15) is 30.5 Å². The van der Waals surface area contributed by atoms with Gasteiger partial charge in [0.05, 0.1) is 25.4 Å². The minimum atomic E-state index is -1.61. The zero-order valence-electron chi connectivity index (χ0n) is 32.9. The SMILES string of the molecule is CCCCCC/C=C/C=C\CCCCCCCC(=O)N[C@@H](COC1OC(CO)C(O)C(O)C1O)[C@H](O)[C@H](O)CCCCCCCCCCCCCC. The van der Waals surface area contributed by atoms with E-state index in [1.54, 1.807) is 0 Å². The number of amides is 1. The molecule has 7 N–H and O–H groups in total. The number of carbonyl (C=O) groups is 1. The molecule has 0 aromatic carbocycles. The molecule has 0 aromatic heterocycles. The highest BCUT2D eigenvalue weighted by Crippen LogP contribution is 2.23. The second-order valence-electron chi connectivity index (χ2n) is 15.0. The van der Waals surface area contributed by atoms with Crippen LogP contribution in [0.3, 0.4) is 0 Å². The number of hydrogen-bond acceptors (Lipinski definition) is 9. The van der Waals surface area contributed by atoms with Crippen molar-refractivity contribution in [2.24, 2.45) is 0 Å². The summed E-state index contributed by atoms with van der Waals surface area (Å²) in [5.41, 5.74) is 0. The van der Waals surface area contributed by atoms with Crippen molar-refractivity contribution in [3.8, 4) is 0 Å². The number of nitrogens with one attached hydrogen (secondary N) is 1. The molecule has 1 aliphatic rings. The van der Waals surface area contributed by atoms with Gasteiger partial charge in [-0.3, -0.25) is 4.79 Å². The van der Waals surface area contributed by atoms with Crippen molar-refractivity contribution in [1.29, 1.82) is 0 Å². The maximum Gasteiger partial charge on any atom is 0.220 e. The summed E-state index contributed by atoms with van der Waals surface area (Å²) in [6.07, 6.45) is 26.1.